The molecule has 0 bridgehead atoms. The second-order valence-electron chi connectivity index (χ2n) is 3.06. The van der Waals surface area contributed by atoms with E-state index in [1.165, 1.54) is 18.2 Å². The lowest BCUT2D eigenvalue weighted by atomic mass is 10.0. The molecule has 0 aliphatic carbocycles. The van der Waals surface area contributed by atoms with Crippen molar-refractivity contribution >= 4 is 12.6 Å². The lowest BCUT2D eigenvalue weighted by Crippen LogP contribution is -2.03. The summed E-state index contributed by atoms with van der Waals surface area (Å²) in [6.07, 6.45) is 1.99. The normalized spacial score (nSPS) is 10.2. The van der Waals surface area contributed by atoms with E-state index in [2.05, 4.69) is 4.74 Å². The molecule has 3 nitrogen and oxygen atoms in total. The van der Waals surface area contributed by atoms with Crippen molar-refractivity contribution in [3.63, 3.8) is 0 Å². The summed E-state index contributed by atoms with van der Waals surface area (Å²) < 4.78 is 28.0. The van der Waals surface area contributed by atoms with Crippen LogP contribution in [0.3, 0.4) is 0 Å². The second kappa shape index (κ2) is 5.95. The summed E-state index contributed by atoms with van der Waals surface area (Å²) in [7, 11) is 0. The first-order valence-electron chi connectivity index (χ1n) is 4.64. The smallest absolute Gasteiger partial charge is 0.387 e. The SMILES string of the molecule is O=CCCc1ccc(OC(F)F)cc1C=O. The first kappa shape index (κ1) is 12.3. The summed E-state index contributed by atoms with van der Waals surface area (Å²) in [6.45, 7) is -2.92. The molecule has 0 saturated heterocycles. The minimum atomic E-state index is -2.92. The Balaban J connectivity index is 2.87. The maximum Gasteiger partial charge on any atom is 0.387 e. The third-order valence-corrected chi connectivity index (χ3v) is 2.00. The Kier molecular flexibility index (Phi) is 4.57. The molecule has 0 atom stereocenters. The van der Waals surface area contributed by atoms with Gasteiger partial charge in [-0.25, -0.2) is 0 Å². The van der Waals surface area contributed by atoms with Crippen LogP contribution in [0.2, 0.25) is 0 Å². The first-order chi connectivity index (χ1) is 7.67. The van der Waals surface area contributed by atoms with E-state index >= 15 is 0 Å². The predicted molar refractivity (Wildman–Crippen MR) is 52.8 cm³/mol. The van der Waals surface area contributed by atoms with E-state index in [9.17, 15) is 18.4 Å². The molecule has 0 amide bonds. The highest BCUT2D eigenvalue weighted by molar-refractivity contribution is 5.78. The molecular weight excluding hydrogens is 218 g/mol. The minimum absolute atomic E-state index is 0.0630. The monoisotopic (exact) mass is 228 g/mol. The van der Waals surface area contributed by atoms with Crippen LogP contribution in [0.5, 0.6) is 5.75 Å². The number of aryl methyl sites for hydroxylation is 1. The average Bonchev–Trinajstić information content (AvgIpc) is 2.26. The molecule has 5 heteroatoms. The van der Waals surface area contributed by atoms with E-state index in [1.807, 2.05) is 0 Å². The van der Waals surface area contributed by atoms with Gasteiger partial charge in [-0.2, -0.15) is 8.78 Å². The highest BCUT2D eigenvalue weighted by Gasteiger charge is 2.07. The van der Waals surface area contributed by atoms with Crippen molar-refractivity contribution in [2.45, 2.75) is 19.5 Å². The number of carbonyl (C=O) groups is 2. The summed E-state index contributed by atoms with van der Waals surface area (Å²) in [5, 5.41) is 0. The van der Waals surface area contributed by atoms with Crippen molar-refractivity contribution in [2.75, 3.05) is 0 Å². The van der Waals surface area contributed by atoms with Crippen molar-refractivity contribution in [3.8, 4) is 5.75 Å². The molecule has 1 rings (SSSR count). The number of rotatable bonds is 6. The average molecular weight is 228 g/mol. The highest BCUT2D eigenvalue weighted by atomic mass is 19.3. The van der Waals surface area contributed by atoms with Crippen molar-refractivity contribution in [1.82, 2.24) is 0 Å². The molecule has 0 aromatic heterocycles. The molecule has 0 aliphatic heterocycles. The van der Waals surface area contributed by atoms with Gasteiger partial charge in [-0.15, -0.1) is 0 Å². The zero-order valence-electron chi connectivity index (χ0n) is 8.36. The Labute approximate surface area is 91.0 Å². The highest BCUT2D eigenvalue weighted by Crippen LogP contribution is 2.19. The van der Waals surface area contributed by atoms with Crippen LogP contribution in [0, 0.1) is 0 Å². The molecule has 1 aromatic rings. The summed E-state index contributed by atoms with van der Waals surface area (Å²) >= 11 is 0. The Morgan fingerprint density at radius 3 is 2.62 bits per heavy atom. The summed E-state index contributed by atoms with van der Waals surface area (Å²) in [5.74, 6) is -0.0630. The first-order valence-corrected chi connectivity index (χ1v) is 4.64. The Hall–Kier alpha value is -1.78. The molecule has 1 aromatic carbocycles. The number of ether oxygens (including phenoxy) is 1. The van der Waals surface area contributed by atoms with Gasteiger partial charge >= 0.3 is 6.61 Å². The van der Waals surface area contributed by atoms with Crippen LogP contribution in [0.1, 0.15) is 22.3 Å². The molecule has 86 valence electrons. The number of halogens is 2. The van der Waals surface area contributed by atoms with Gasteiger partial charge in [-0.05, 0) is 24.1 Å². The largest absolute Gasteiger partial charge is 0.435 e. The number of alkyl halides is 2. The van der Waals surface area contributed by atoms with E-state index in [0.717, 1.165) is 6.29 Å². The molecule has 0 N–H and O–H groups in total. The number of hydrogen-bond acceptors (Lipinski definition) is 3. The Bertz CT molecular complexity index is 377. The van der Waals surface area contributed by atoms with Crippen LogP contribution in [-0.2, 0) is 11.2 Å². The summed E-state index contributed by atoms with van der Waals surface area (Å²) in [6, 6.07) is 4.09. The fourth-order valence-corrected chi connectivity index (χ4v) is 1.30. The number of carbonyl (C=O) groups excluding carboxylic acids is 2. The minimum Gasteiger partial charge on any atom is -0.435 e. The fraction of sp³-hybridized carbons (Fsp3) is 0.273. The van der Waals surface area contributed by atoms with Gasteiger partial charge < -0.3 is 9.53 Å². The molecule has 0 fully saturated rings. The van der Waals surface area contributed by atoms with Gasteiger partial charge in [0.1, 0.15) is 18.3 Å². The lowest BCUT2D eigenvalue weighted by molar-refractivity contribution is -0.107. The zero-order valence-corrected chi connectivity index (χ0v) is 8.36. The van der Waals surface area contributed by atoms with Crippen LogP contribution >= 0.6 is 0 Å². The van der Waals surface area contributed by atoms with Crippen LogP contribution in [0.25, 0.3) is 0 Å². The van der Waals surface area contributed by atoms with E-state index in [-0.39, 0.29) is 17.7 Å². The lowest BCUT2D eigenvalue weighted by Gasteiger charge is -2.07. The number of benzene rings is 1. The predicted octanol–water partition coefficient (Wildman–Crippen LogP) is 2.23. The van der Waals surface area contributed by atoms with Crippen LogP contribution < -0.4 is 4.74 Å². The molecule has 0 saturated carbocycles. The second-order valence-corrected chi connectivity index (χ2v) is 3.06. The van der Waals surface area contributed by atoms with Crippen molar-refractivity contribution in [1.29, 1.82) is 0 Å². The van der Waals surface area contributed by atoms with E-state index in [0.29, 0.717) is 18.3 Å². The van der Waals surface area contributed by atoms with Gasteiger partial charge in [-0.3, -0.25) is 4.79 Å². The van der Waals surface area contributed by atoms with Gasteiger partial charge in [0.05, 0.1) is 0 Å². The zero-order chi connectivity index (χ0) is 12.0. The topological polar surface area (TPSA) is 43.4 Å². The van der Waals surface area contributed by atoms with Gasteiger partial charge in [-0.1, -0.05) is 6.07 Å². The Morgan fingerprint density at radius 1 is 1.31 bits per heavy atom. The molecule has 0 heterocycles. The quantitative estimate of drug-likeness (QED) is 0.701. The van der Waals surface area contributed by atoms with Gasteiger partial charge in [0.15, 0.2) is 0 Å². The molecule has 0 aliphatic rings. The number of aldehydes is 2. The van der Waals surface area contributed by atoms with E-state index < -0.39 is 6.61 Å². The third kappa shape index (κ3) is 3.42. The van der Waals surface area contributed by atoms with Crippen molar-refractivity contribution in [3.05, 3.63) is 29.3 Å². The van der Waals surface area contributed by atoms with Crippen molar-refractivity contribution in [2.24, 2.45) is 0 Å². The van der Waals surface area contributed by atoms with Crippen LogP contribution in [-0.4, -0.2) is 19.2 Å². The van der Waals surface area contributed by atoms with Crippen molar-refractivity contribution < 1.29 is 23.1 Å². The maximum atomic E-state index is 11.9. The molecule has 0 radical (unpaired) electrons. The van der Waals surface area contributed by atoms with Crippen LogP contribution in [0.15, 0.2) is 18.2 Å². The maximum absolute atomic E-state index is 11.9. The van der Waals surface area contributed by atoms with E-state index in [4.69, 9.17) is 0 Å². The fourth-order valence-electron chi connectivity index (χ4n) is 1.30. The standard InChI is InChI=1S/C11H10F2O3/c12-11(13)16-10-4-3-8(2-1-5-14)9(6-10)7-15/h3-7,11H,1-2H2. The van der Waals surface area contributed by atoms with Crippen LogP contribution in [0.4, 0.5) is 8.78 Å². The summed E-state index contributed by atoms with van der Waals surface area (Å²) in [5.41, 5.74) is 0.906. The third-order valence-electron chi connectivity index (χ3n) is 2.00. The number of hydrogen-bond donors (Lipinski definition) is 0. The summed E-state index contributed by atoms with van der Waals surface area (Å²) in [4.78, 5) is 20.9. The van der Waals surface area contributed by atoms with Gasteiger partial charge in [0.2, 0.25) is 0 Å². The van der Waals surface area contributed by atoms with E-state index in [1.54, 1.807) is 0 Å². The molecule has 0 unspecified atom stereocenters. The van der Waals surface area contributed by atoms with Gasteiger partial charge in [0, 0.05) is 12.0 Å². The molecular formula is C11H10F2O3. The van der Waals surface area contributed by atoms with Gasteiger partial charge in [0.25, 0.3) is 0 Å². The molecule has 16 heavy (non-hydrogen) atoms. The molecule has 0 spiro atoms. The Morgan fingerprint density at radius 2 is 2.06 bits per heavy atom.